The molecule has 0 spiro atoms. The van der Waals surface area contributed by atoms with E-state index in [-0.39, 0.29) is 0 Å². The highest BCUT2D eigenvalue weighted by Gasteiger charge is 2.25. The third-order valence-electron chi connectivity index (χ3n) is 5.32. The van der Waals surface area contributed by atoms with E-state index in [1.54, 1.807) is 0 Å². The zero-order chi connectivity index (χ0) is 16.4. The first kappa shape index (κ1) is 13.5. The first-order chi connectivity index (χ1) is 11.6. The van der Waals surface area contributed by atoms with Gasteiger partial charge in [-0.1, -0.05) is 30.3 Å². The molecule has 2 N–H and O–H groups in total. The quantitative estimate of drug-likeness (QED) is 0.535. The van der Waals surface area contributed by atoms with Crippen molar-refractivity contribution in [3.05, 3.63) is 54.4 Å². The molecule has 1 atom stereocenters. The van der Waals surface area contributed by atoms with E-state index in [1.165, 1.54) is 38.4 Å². The Morgan fingerprint density at radius 1 is 0.958 bits per heavy atom. The van der Waals surface area contributed by atoms with E-state index in [0.29, 0.717) is 6.17 Å². The Labute approximate surface area is 140 Å². The van der Waals surface area contributed by atoms with Crippen LogP contribution in [-0.4, -0.2) is 28.1 Å². The summed E-state index contributed by atoms with van der Waals surface area (Å²) in [4.78, 5) is 11.7. The molecular formula is C20H20N4. The molecule has 3 heterocycles. The number of aromatic nitrogens is 2. The first-order valence-corrected chi connectivity index (χ1v) is 8.35. The van der Waals surface area contributed by atoms with Crippen molar-refractivity contribution in [2.45, 2.75) is 20.0 Å². The van der Waals surface area contributed by atoms with E-state index in [0.717, 1.165) is 5.65 Å². The van der Waals surface area contributed by atoms with Crippen molar-refractivity contribution >= 4 is 38.5 Å². The average Bonchev–Trinajstić information content (AvgIpc) is 3.21. The molecule has 0 aliphatic carbocycles. The van der Waals surface area contributed by atoms with Gasteiger partial charge < -0.3 is 19.8 Å². The van der Waals surface area contributed by atoms with Gasteiger partial charge in [0, 0.05) is 41.1 Å². The molecule has 0 fully saturated rings. The maximum atomic E-state index is 3.64. The fraction of sp³-hybridized carbons (Fsp3) is 0.200. The number of para-hydroxylation sites is 1. The molecule has 4 nitrogen and oxygen atoms in total. The van der Waals surface area contributed by atoms with Crippen LogP contribution in [0.5, 0.6) is 0 Å². The largest absolute Gasteiger partial charge is 0.359 e. The summed E-state index contributed by atoms with van der Waals surface area (Å²) in [5.74, 6) is 0. The normalized spacial score (nSPS) is 17.9. The summed E-state index contributed by atoms with van der Waals surface area (Å²) in [6.07, 6.45) is 4.61. The van der Waals surface area contributed by atoms with Crippen molar-refractivity contribution in [2.75, 3.05) is 11.9 Å². The van der Waals surface area contributed by atoms with E-state index < -0.39 is 0 Å². The van der Waals surface area contributed by atoms with Crippen LogP contribution in [0, 0.1) is 6.92 Å². The maximum absolute atomic E-state index is 3.64. The highest BCUT2D eigenvalue weighted by molar-refractivity contribution is 6.22. The first-order valence-electron chi connectivity index (χ1n) is 8.35. The van der Waals surface area contributed by atoms with Gasteiger partial charge in [0.15, 0.2) is 0 Å². The van der Waals surface area contributed by atoms with Crippen LogP contribution in [0.4, 0.5) is 5.69 Å². The Bertz CT molecular complexity index is 1110. The summed E-state index contributed by atoms with van der Waals surface area (Å²) in [6, 6.07) is 13.0. The Morgan fingerprint density at radius 3 is 2.58 bits per heavy atom. The van der Waals surface area contributed by atoms with E-state index in [1.807, 2.05) is 0 Å². The highest BCUT2D eigenvalue weighted by Crippen LogP contribution is 2.39. The third kappa shape index (κ3) is 1.63. The van der Waals surface area contributed by atoms with Crippen LogP contribution < -0.4 is 4.90 Å². The number of aryl methyl sites for hydroxylation is 1. The minimum Gasteiger partial charge on any atom is -0.359 e. The Kier molecular flexibility index (Phi) is 2.58. The molecule has 0 saturated carbocycles. The molecule has 0 unspecified atom stereocenters. The third-order valence-corrected chi connectivity index (χ3v) is 5.32. The number of hydrogen-bond acceptors (Lipinski definition) is 2. The number of aromatic amines is 2. The van der Waals surface area contributed by atoms with Crippen molar-refractivity contribution in [1.82, 2.24) is 14.9 Å². The fourth-order valence-electron chi connectivity index (χ4n) is 3.89. The predicted molar refractivity (Wildman–Crippen MR) is 101 cm³/mol. The number of anilines is 1. The van der Waals surface area contributed by atoms with Crippen LogP contribution in [0.15, 0.2) is 48.8 Å². The number of rotatable bonds is 1. The van der Waals surface area contributed by atoms with Gasteiger partial charge in [-0.05, 0) is 25.5 Å². The SMILES string of the molecule is Cc1ccc2c([nH]c3[nH]c4ccccc4c32)c1N1C=CN(C)[C@@H]1C. The van der Waals surface area contributed by atoms with Crippen LogP contribution in [0.3, 0.4) is 0 Å². The lowest BCUT2D eigenvalue weighted by Gasteiger charge is -2.28. The fourth-order valence-corrected chi connectivity index (χ4v) is 3.89. The molecule has 0 saturated heterocycles. The molecule has 4 aromatic rings. The summed E-state index contributed by atoms with van der Waals surface area (Å²) < 4.78 is 0. The Balaban J connectivity index is 1.86. The molecule has 0 radical (unpaired) electrons. The Morgan fingerprint density at radius 2 is 1.79 bits per heavy atom. The zero-order valence-electron chi connectivity index (χ0n) is 14.1. The van der Waals surface area contributed by atoms with Gasteiger partial charge in [0.2, 0.25) is 0 Å². The lowest BCUT2D eigenvalue weighted by molar-refractivity contribution is 0.383. The van der Waals surface area contributed by atoms with Gasteiger partial charge in [-0.3, -0.25) is 0 Å². The lowest BCUT2D eigenvalue weighted by Crippen LogP contribution is -2.33. The second-order valence-corrected chi connectivity index (χ2v) is 6.70. The van der Waals surface area contributed by atoms with Gasteiger partial charge in [-0.2, -0.15) is 0 Å². The molecular weight excluding hydrogens is 296 g/mol. The topological polar surface area (TPSA) is 38.1 Å². The highest BCUT2D eigenvalue weighted by atomic mass is 15.4. The minimum absolute atomic E-state index is 0.313. The molecule has 0 bridgehead atoms. The summed E-state index contributed by atoms with van der Waals surface area (Å²) in [6.45, 7) is 4.41. The van der Waals surface area contributed by atoms with Crippen LogP contribution >= 0.6 is 0 Å². The van der Waals surface area contributed by atoms with Gasteiger partial charge in [0.25, 0.3) is 0 Å². The van der Waals surface area contributed by atoms with Crippen LogP contribution in [0.25, 0.3) is 32.8 Å². The van der Waals surface area contributed by atoms with Gasteiger partial charge in [-0.25, -0.2) is 0 Å². The number of H-pyrrole nitrogens is 2. The molecule has 24 heavy (non-hydrogen) atoms. The minimum atomic E-state index is 0.313. The van der Waals surface area contributed by atoms with Gasteiger partial charge >= 0.3 is 0 Å². The monoisotopic (exact) mass is 316 g/mol. The maximum Gasteiger partial charge on any atom is 0.116 e. The smallest absolute Gasteiger partial charge is 0.116 e. The lowest BCUT2D eigenvalue weighted by atomic mass is 10.1. The van der Waals surface area contributed by atoms with Crippen LogP contribution in [0.2, 0.25) is 0 Å². The van der Waals surface area contributed by atoms with Crippen LogP contribution in [0.1, 0.15) is 12.5 Å². The van der Waals surface area contributed by atoms with Crippen LogP contribution in [-0.2, 0) is 0 Å². The molecule has 1 aliphatic rings. The van der Waals surface area contributed by atoms with Crippen molar-refractivity contribution in [2.24, 2.45) is 0 Å². The second kappa shape index (κ2) is 4.57. The van der Waals surface area contributed by atoms with Crippen molar-refractivity contribution < 1.29 is 0 Å². The van der Waals surface area contributed by atoms with E-state index in [9.17, 15) is 0 Å². The van der Waals surface area contributed by atoms with Crippen molar-refractivity contribution in [1.29, 1.82) is 0 Å². The molecule has 2 aromatic carbocycles. The van der Waals surface area contributed by atoms with E-state index >= 15 is 0 Å². The summed E-state index contributed by atoms with van der Waals surface area (Å²) in [5.41, 5.74) is 6.02. The van der Waals surface area contributed by atoms with Gasteiger partial charge in [-0.15, -0.1) is 0 Å². The van der Waals surface area contributed by atoms with Gasteiger partial charge in [0.05, 0.1) is 11.2 Å². The Hall–Kier alpha value is -2.88. The van der Waals surface area contributed by atoms with E-state index in [4.69, 9.17) is 0 Å². The number of benzene rings is 2. The molecule has 2 aromatic heterocycles. The predicted octanol–water partition coefficient (Wildman–Crippen LogP) is 4.68. The second-order valence-electron chi connectivity index (χ2n) is 6.70. The van der Waals surface area contributed by atoms with Crippen molar-refractivity contribution in [3.63, 3.8) is 0 Å². The van der Waals surface area contributed by atoms with Crippen molar-refractivity contribution in [3.8, 4) is 0 Å². The van der Waals surface area contributed by atoms with Gasteiger partial charge in [0.1, 0.15) is 11.8 Å². The summed E-state index contributed by atoms with van der Waals surface area (Å²) in [5, 5.41) is 3.83. The standard InChI is InChI=1S/C20H20N4/c1-12-8-9-15-17-14-6-4-5-7-16(14)21-20(17)22-18(15)19(12)24-11-10-23(3)13(24)2/h4-11,13,21-22H,1-3H3/t13-/m0/s1. The molecule has 0 amide bonds. The molecule has 120 valence electrons. The number of nitrogens with one attached hydrogen (secondary N) is 2. The van der Waals surface area contributed by atoms with E-state index in [2.05, 4.69) is 89.5 Å². The summed E-state index contributed by atoms with van der Waals surface area (Å²) in [7, 11) is 2.11. The molecule has 4 heteroatoms. The number of hydrogen-bond donors (Lipinski definition) is 2. The number of fused-ring (bicyclic) bond motifs is 5. The molecule has 1 aliphatic heterocycles. The molecule has 5 rings (SSSR count). The zero-order valence-corrected chi connectivity index (χ0v) is 14.1. The number of nitrogens with zero attached hydrogens (tertiary/aromatic N) is 2. The summed E-state index contributed by atoms with van der Waals surface area (Å²) >= 11 is 0. The average molecular weight is 316 g/mol.